The summed E-state index contributed by atoms with van der Waals surface area (Å²) in [5.74, 6) is 2.24. The van der Waals surface area contributed by atoms with E-state index in [2.05, 4.69) is 88.4 Å². The molecule has 39 heavy (non-hydrogen) atoms. The molecule has 2 aromatic carbocycles. The smallest absolute Gasteiger partial charge is 0.148 e. The lowest BCUT2D eigenvalue weighted by Crippen LogP contribution is -2.46. The summed E-state index contributed by atoms with van der Waals surface area (Å²) < 4.78 is 14.2. The third-order valence-electron chi connectivity index (χ3n) is 7.73. The van der Waals surface area contributed by atoms with E-state index in [1.165, 1.54) is 25.1 Å². The SMILES string of the molecule is C=CC(C)CN(CC(C)C)C(C)C1CCN(c2c(N)cccc2F)CC1.CCC(C)c1ccc(S)cc1.CN. The zero-order valence-corrected chi connectivity index (χ0v) is 26.4. The fourth-order valence-electron chi connectivity index (χ4n) is 5.13. The van der Waals surface area contributed by atoms with E-state index < -0.39 is 0 Å². The van der Waals surface area contributed by atoms with Crippen LogP contribution in [-0.4, -0.2) is 44.2 Å². The van der Waals surface area contributed by atoms with Crippen molar-refractivity contribution in [2.24, 2.45) is 23.5 Å². The molecule has 2 aromatic rings. The van der Waals surface area contributed by atoms with Gasteiger partial charge in [0.25, 0.3) is 0 Å². The fourth-order valence-corrected chi connectivity index (χ4v) is 5.28. The lowest BCUT2D eigenvalue weighted by molar-refractivity contribution is 0.114. The molecule has 0 aliphatic carbocycles. The van der Waals surface area contributed by atoms with Crippen molar-refractivity contribution in [3.05, 3.63) is 66.5 Å². The van der Waals surface area contributed by atoms with Crippen LogP contribution in [-0.2, 0) is 0 Å². The van der Waals surface area contributed by atoms with Crippen LogP contribution < -0.4 is 16.4 Å². The summed E-state index contributed by atoms with van der Waals surface area (Å²) in [4.78, 5) is 5.78. The number of nitrogens with two attached hydrogens (primary N) is 2. The number of hydrogen-bond donors (Lipinski definition) is 3. The van der Waals surface area contributed by atoms with Crippen LogP contribution in [0, 0.1) is 23.6 Å². The van der Waals surface area contributed by atoms with Crippen LogP contribution in [0.15, 0.2) is 60.0 Å². The molecule has 6 heteroatoms. The molecular formula is C33H55FN4S. The van der Waals surface area contributed by atoms with Gasteiger partial charge in [0, 0.05) is 37.1 Å². The van der Waals surface area contributed by atoms with Gasteiger partial charge in [-0.3, -0.25) is 4.90 Å². The number of thiol groups is 1. The van der Waals surface area contributed by atoms with Gasteiger partial charge in [0.05, 0.1) is 11.4 Å². The molecule has 0 amide bonds. The molecule has 1 saturated heterocycles. The fraction of sp³-hybridized carbons (Fsp3) is 0.576. The van der Waals surface area contributed by atoms with E-state index in [0.29, 0.717) is 41.1 Å². The van der Waals surface area contributed by atoms with Crippen LogP contribution in [0.1, 0.15) is 72.3 Å². The minimum atomic E-state index is -0.210. The van der Waals surface area contributed by atoms with Crippen molar-refractivity contribution in [1.82, 2.24) is 4.90 Å². The third kappa shape index (κ3) is 11.5. The molecule has 1 aliphatic heterocycles. The number of para-hydroxylation sites is 1. The highest BCUT2D eigenvalue weighted by Crippen LogP contribution is 2.32. The highest BCUT2D eigenvalue weighted by molar-refractivity contribution is 7.80. The molecule has 0 radical (unpaired) electrons. The molecule has 0 spiro atoms. The maximum atomic E-state index is 14.2. The molecule has 4 N–H and O–H groups in total. The van der Waals surface area contributed by atoms with E-state index >= 15 is 0 Å². The second-order valence-corrected chi connectivity index (χ2v) is 11.7. The molecule has 4 nitrogen and oxygen atoms in total. The van der Waals surface area contributed by atoms with Crippen molar-refractivity contribution < 1.29 is 4.39 Å². The van der Waals surface area contributed by atoms with E-state index in [9.17, 15) is 4.39 Å². The van der Waals surface area contributed by atoms with Crippen molar-refractivity contribution >= 4 is 24.0 Å². The highest BCUT2D eigenvalue weighted by Gasteiger charge is 2.29. The lowest BCUT2D eigenvalue weighted by atomic mass is 9.88. The van der Waals surface area contributed by atoms with Gasteiger partial charge in [-0.05, 0) is 86.7 Å². The molecule has 1 fully saturated rings. The maximum absolute atomic E-state index is 14.2. The van der Waals surface area contributed by atoms with Gasteiger partial charge in [-0.2, -0.15) is 0 Å². The Hall–Kier alpha value is -2.02. The Balaban J connectivity index is 0.000000487. The van der Waals surface area contributed by atoms with Crippen molar-refractivity contribution in [2.45, 2.75) is 77.7 Å². The number of anilines is 2. The van der Waals surface area contributed by atoms with Gasteiger partial charge in [0.1, 0.15) is 5.82 Å². The summed E-state index contributed by atoms with van der Waals surface area (Å²) in [5.41, 5.74) is 13.0. The van der Waals surface area contributed by atoms with Crippen molar-refractivity contribution in [2.75, 3.05) is 43.9 Å². The average molecular weight is 559 g/mol. The number of halogens is 1. The Kier molecular flexibility index (Phi) is 16.5. The standard InChI is InChI=1S/C22H36FN3.C10H14S.CH5N/c1-6-17(4)15-26(14-16(2)3)18(5)19-10-12-25(13-11-19)22-20(23)8-7-9-21(22)24;1-3-8(2)9-4-6-10(11)7-5-9;1-2/h6-9,16-19H,1,10-15,24H2,2-5H3;4-8,11H,3H2,1-2H3;2H2,1H3. The van der Waals surface area contributed by atoms with Gasteiger partial charge >= 0.3 is 0 Å². The Labute approximate surface area is 244 Å². The predicted octanol–water partition coefficient (Wildman–Crippen LogP) is 7.86. The molecule has 220 valence electrons. The summed E-state index contributed by atoms with van der Waals surface area (Å²) in [6.45, 7) is 21.4. The molecule has 3 rings (SSSR count). The van der Waals surface area contributed by atoms with Gasteiger partial charge in [0.15, 0.2) is 0 Å². The van der Waals surface area contributed by atoms with Gasteiger partial charge < -0.3 is 16.4 Å². The van der Waals surface area contributed by atoms with E-state index in [-0.39, 0.29) is 5.82 Å². The van der Waals surface area contributed by atoms with E-state index in [1.54, 1.807) is 12.1 Å². The van der Waals surface area contributed by atoms with Crippen LogP contribution in [0.5, 0.6) is 0 Å². The first-order valence-electron chi connectivity index (χ1n) is 14.6. The summed E-state index contributed by atoms with van der Waals surface area (Å²) in [6, 6.07) is 13.9. The lowest BCUT2D eigenvalue weighted by Gasteiger charge is -2.42. The largest absolute Gasteiger partial charge is 0.397 e. The topological polar surface area (TPSA) is 58.5 Å². The molecule has 0 aromatic heterocycles. The normalized spacial score (nSPS) is 16.1. The van der Waals surface area contributed by atoms with Crippen LogP contribution in [0.2, 0.25) is 0 Å². The number of rotatable bonds is 10. The van der Waals surface area contributed by atoms with Gasteiger partial charge in [0.2, 0.25) is 0 Å². The molecule has 0 bridgehead atoms. The summed E-state index contributed by atoms with van der Waals surface area (Å²) >= 11 is 4.23. The Morgan fingerprint density at radius 3 is 2.10 bits per heavy atom. The summed E-state index contributed by atoms with van der Waals surface area (Å²) in [6.07, 6.45) is 5.40. The molecule has 3 atom stereocenters. The van der Waals surface area contributed by atoms with Crippen LogP contribution in [0.4, 0.5) is 15.8 Å². The minimum Gasteiger partial charge on any atom is -0.397 e. The molecule has 1 aliphatic rings. The maximum Gasteiger partial charge on any atom is 0.148 e. The summed E-state index contributed by atoms with van der Waals surface area (Å²) in [7, 11) is 1.50. The average Bonchev–Trinajstić information content (AvgIpc) is 2.93. The number of piperidine rings is 1. The van der Waals surface area contributed by atoms with Crippen LogP contribution >= 0.6 is 12.6 Å². The van der Waals surface area contributed by atoms with Gasteiger partial charge in [-0.15, -0.1) is 19.2 Å². The molecule has 3 unspecified atom stereocenters. The number of nitrogen functional groups attached to an aromatic ring is 1. The second kappa shape index (κ2) is 18.4. The first-order valence-corrected chi connectivity index (χ1v) is 15.0. The second-order valence-electron chi connectivity index (χ2n) is 11.2. The molecule has 1 heterocycles. The van der Waals surface area contributed by atoms with Crippen LogP contribution in [0.25, 0.3) is 0 Å². The minimum absolute atomic E-state index is 0.210. The Morgan fingerprint density at radius 1 is 1.03 bits per heavy atom. The van der Waals surface area contributed by atoms with E-state index in [4.69, 9.17) is 5.73 Å². The van der Waals surface area contributed by atoms with Crippen molar-refractivity contribution in [3.63, 3.8) is 0 Å². The first-order chi connectivity index (χ1) is 18.6. The van der Waals surface area contributed by atoms with Crippen LogP contribution in [0.3, 0.4) is 0 Å². The zero-order valence-electron chi connectivity index (χ0n) is 25.5. The summed E-state index contributed by atoms with van der Waals surface area (Å²) in [5, 5.41) is 0. The number of benzene rings is 2. The number of nitrogens with zero attached hydrogens (tertiary/aromatic N) is 2. The van der Waals surface area contributed by atoms with E-state index in [0.717, 1.165) is 43.9 Å². The first kappa shape index (κ1) is 35.0. The van der Waals surface area contributed by atoms with E-state index in [1.807, 2.05) is 18.2 Å². The Bertz CT molecular complexity index is 921. The Morgan fingerprint density at radius 2 is 1.62 bits per heavy atom. The van der Waals surface area contributed by atoms with Gasteiger partial charge in [-0.1, -0.05) is 58.9 Å². The monoisotopic (exact) mass is 558 g/mol. The van der Waals surface area contributed by atoms with Gasteiger partial charge in [-0.25, -0.2) is 4.39 Å². The molecule has 0 saturated carbocycles. The third-order valence-corrected chi connectivity index (χ3v) is 8.03. The molecular weight excluding hydrogens is 503 g/mol. The predicted molar refractivity (Wildman–Crippen MR) is 173 cm³/mol. The van der Waals surface area contributed by atoms with Crippen molar-refractivity contribution in [1.29, 1.82) is 0 Å². The van der Waals surface area contributed by atoms with Crippen molar-refractivity contribution in [3.8, 4) is 0 Å². The number of hydrogen-bond acceptors (Lipinski definition) is 5. The quantitative estimate of drug-likeness (QED) is 0.158. The highest BCUT2D eigenvalue weighted by atomic mass is 32.1. The zero-order chi connectivity index (χ0) is 29.5.